The number of aromatic nitrogens is 1. The molecule has 2 aromatic rings. The van der Waals surface area contributed by atoms with Crippen LogP contribution in [0, 0.1) is 6.92 Å². The van der Waals surface area contributed by atoms with E-state index in [4.69, 9.17) is 9.63 Å². The van der Waals surface area contributed by atoms with Gasteiger partial charge in [0, 0.05) is 19.2 Å². The number of hydrogen-bond donors (Lipinski definition) is 1. The molecule has 5 nitrogen and oxygen atoms in total. The molecule has 0 saturated heterocycles. The fourth-order valence-corrected chi connectivity index (χ4v) is 2.16. The molecule has 0 bridgehead atoms. The third kappa shape index (κ3) is 3.93. The van der Waals surface area contributed by atoms with Crippen LogP contribution in [-0.2, 0) is 24.3 Å². The lowest BCUT2D eigenvalue weighted by molar-refractivity contribution is -0.136. The maximum atomic E-state index is 10.9. The molecule has 0 atom stereocenters. The van der Waals surface area contributed by atoms with Crippen molar-refractivity contribution in [2.75, 3.05) is 7.05 Å². The smallest absolute Gasteiger partial charge is 0.307 e. The number of rotatable bonds is 6. The van der Waals surface area contributed by atoms with E-state index in [1.807, 2.05) is 44.3 Å². The van der Waals surface area contributed by atoms with Crippen molar-refractivity contribution in [1.82, 2.24) is 10.1 Å². The first-order chi connectivity index (χ1) is 9.54. The van der Waals surface area contributed by atoms with Crippen molar-refractivity contribution in [3.63, 3.8) is 0 Å². The van der Waals surface area contributed by atoms with Gasteiger partial charge in [0.25, 0.3) is 0 Å². The van der Waals surface area contributed by atoms with Gasteiger partial charge in [-0.3, -0.25) is 9.69 Å². The van der Waals surface area contributed by atoms with Gasteiger partial charge >= 0.3 is 5.97 Å². The van der Waals surface area contributed by atoms with E-state index in [1.165, 1.54) is 0 Å². The number of carboxylic acids is 1. The van der Waals surface area contributed by atoms with Gasteiger partial charge in [0.2, 0.25) is 0 Å². The molecule has 2 rings (SSSR count). The Hall–Kier alpha value is -2.14. The molecule has 1 heterocycles. The molecule has 0 aliphatic carbocycles. The van der Waals surface area contributed by atoms with Gasteiger partial charge in [0.1, 0.15) is 5.76 Å². The number of hydrogen-bond acceptors (Lipinski definition) is 4. The zero-order valence-electron chi connectivity index (χ0n) is 11.7. The van der Waals surface area contributed by atoms with Crippen LogP contribution in [0.4, 0.5) is 0 Å². The van der Waals surface area contributed by atoms with Crippen molar-refractivity contribution in [2.45, 2.75) is 26.4 Å². The molecule has 5 heteroatoms. The summed E-state index contributed by atoms with van der Waals surface area (Å²) in [4.78, 5) is 12.9. The van der Waals surface area contributed by atoms with Crippen molar-refractivity contribution in [1.29, 1.82) is 0 Å². The summed E-state index contributed by atoms with van der Waals surface area (Å²) in [5, 5.41) is 12.9. The summed E-state index contributed by atoms with van der Waals surface area (Å²) < 4.78 is 5.04. The Morgan fingerprint density at radius 2 is 2.00 bits per heavy atom. The Morgan fingerprint density at radius 3 is 2.60 bits per heavy atom. The van der Waals surface area contributed by atoms with Crippen molar-refractivity contribution < 1.29 is 14.4 Å². The van der Waals surface area contributed by atoms with Crippen LogP contribution < -0.4 is 0 Å². The molecular weight excluding hydrogens is 256 g/mol. The lowest BCUT2D eigenvalue weighted by Gasteiger charge is -2.17. The molecule has 0 fully saturated rings. The number of benzene rings is 1. The Balaban J connectivity index is 2.03. The molecule has 1 aromatic heterocycles. The van der Waals surface area contributed by atoms with Gasteiger partial charge in [-0.1, -0.05) is 29.4 Å². The second-order valence-electron chi connectivity index (χ2n) is 4.94. The minimum Gasteiger partial charge on any atom is -0.481 e. The van der Waals surface area contributed by atoms with Crippen LogP contribution >= 0.6 is 0 Å². The summed E-state index contributed by atoms with van der Waals surface area (Å²) in [6.45, 7) is 3.20. The number of carbonyl (C=O) groups is 1. The molecule has 1 aromatic carbocycles. The maximum absolute atomic E-state index is 10.9. The number of nitrogens with zero attached hydrogens (tertiary/aromatic N) is 2. The van der Waals surface area contributed by atoms with Gasteiger partial charge in [-0.2, -0.15) is 0 Å². The lowest BCUT2D eigenvalue weighted by Crippen LogP contribution is -2.19. The molecule has 0 unspecified atom stereocenters. The molecule has 0 aliphatic heterocycles. The summed E-state index contributed by atoms with van der Waals surface area (Å²) >= 11 is 0. The molecule has 20 heavy (non-hydrogen) atoms. The molecule has 0 saturated carbocycles. The van der Waals surface area contributed by atoms with Gasteiger partial charge in [-0.25, -0.2) is 0 Å². The van der Waals surface area contributed by atoms with Crippen LogP contribution in [0.5, 0.6) is 0 Å². The monoisotopic (exact) mass is 274 g/mol. The number of aryl methyl sites for hydroxylation is 1. The van der Waals surface area contributed by atoms with Crippen LogP contribution in [-0.4, -0.2) is 28.2 Å². The fraction of sp³-hybridized carbons (Fsp3) is 0.333. The van der Waals surface area contributed by atoms with Gasteiger partial charge in [-0.15, -0.1) is 0 Å². The first-order valence-electron chi connectivity index (χ1n) is 6.44. The second kappa shape index (κ2) is 6.34. The minimum atomic E-state index is -0.813. The highest BCUT2D eigenvalue weighted by atomic mass is 16.5. The summed E-state index contributed by atoms with van der Waals surface area (Å²) in [6.07, 6.45) is 0.0487. The molecule has 0 aliphatic rings. The largest absolute Gasteiger partial charge is 0.481 e. The summed E-state index contributed by atoms with van der Waals surface area (Å²) in [5.41, 5.74) is 2.75. The van der Waals surface area contributed by atoms with Gasteiger partial charge in [-0.05, 0) is 25.1 Å². The van der Waals surface area contributed by atoms with E-state index in [0.717, 1.165) is 22.6 Å². The Morgan fingerprint density at radius 1 is 1.30 bits per heavy atom. The maximum Gasteiger partial charge on any atom is 0.307 e. The van der Waals surface area contributed by atoms with Gasteiger partial charge < -0.3 is 9.63 Å². The van der Waals surface area contributed by atoms with Crippen molar-refractivity contribution in [3.05, 3.63) is 52.9 Å². The average Bonchev–Trinajstić information content (AvgIpc) is 2.76. The number of aliphatic carboxylic acids is 1. The van der Waals surface area contributed by atoms with Crippen LogP contribution in [0.2, 0.25) is 0 Å². The predicted molar refractivity (Wildman–Crippen MR) is 74.2 cm³/mol. The highest BCUT2D eigenvalue weighted by Crippen LogP contribution is 2.14. The zero-order chi connectivity index (χ0) is 14.5. The topological polar surface area (TPSA) is 66.6 Å². The van der Waals surface area contributed by atoms with E-state index in [0.29, 0.717) is 13.1 Å². The summed E-state index contributed by atoms with van der Waals surface area (Å²) in [6, 6.07) is 9.51. The molecular formula is C15H18N2O3. The fourth-order valence-electron chi connectivity index (χ4n) is 2.16. The molecule has 0 amide bonds. The zero-order valence-corrected chi connectivity index (χ0v) is 11.7. The summed E-state index contributed by atoms with van der Waals surface area (Å²) in [7, 11) is 1.97. The Kier molecular flexibility index (Phi) is 4.53. The van der Waals surface area contributed by atoms with Crippen LogP contribution in [0.1, 0.15) is 22.6 Å². The standard InChI is InChI=1S/C15H18N2O3/c1-11-7-14(16-20-11)10-17(2)9-13-6-4-3-5-12(13)8-15(18)19/h3-7H,8-10H2,1-2H3,(H,18,19). The van der Waals surface area contributed by atoms with Crippen LogP contribution in [0.15, 0.2) is 34.9 Å². The first kappa shape index (κ1) is 14.3. The van der Waals surface area contributed by atoms with Crippen LogP contribution in [0.3, 0.4) is 0 Å². The predicted octanol–water partition coefficient (Wildman–Crippen LogP) is 2.24. The SMILES string of the molecule is Cc1cc(CN(C)Cc2ccccc2CC(=O)O)no1. The van der Waals surface area contributed by atoms with Crippen molar-refractivity contribution in [2.24, 2.45) is 0 Å². The third-order valence-electron chi connectivity index (χ3n) is 3.01. The van der Waals surface area contributed by atoms with Crippen molar-refractivity contribution >= 4 is 5.97 Å². The normalized spacial score (nSPS) is 10.9. The van der Waals surface area contributed by atoms with E-state index in [1.54, 1.807) is 0 Å². The highest BCUT2D eigenvalue weighted by Gasteiger charge is 2.10. The van der Waals surface area contributed by atoms with Gasteiger partial charge in [0.15, 0.2) is 0 Å². The molecule has 0 radical (unpaired) electrons. The van der Waals surface area contributed by atoms with E-state index >= 15 is 0 Å². The average molecular weight is 274 g/mol. The summed E-state index contributed by atoms with van der Waals surface area (Å²) in [5.74, 6) is -0.0214. The van der Waals surface area contributed by atoms with E-state index in [9.17, 15) is 4.79 Å². The lowest BCUT2D eigenvalue weighted by atomic mass is 10.0. The third-order valence-corrected chi connectivity index (χ3v) is 3.01. The number of carboxylic acid groups (broad SMARTS) is 1. The van der Waals surface area contributed by atoms with Gasteiger partial charge in [0.05, 0.1) is 12.1 Å². The Bertz CT molecular complexity index is 592. The van der Waals surface area contributed by atoms with E-state index < -0.39 is 5.97 Å². The van der Waals surface area contributed by atoms with E-state index in [2.05, 4.69) is 10.1 Å². The minimum absolute atomic E-state index is 0.0487. The van der Waals surface area contributed by atoms with Crippen LogP contribution in [0.25, 0.3) is 0 Å². The molecule has 1 N–H and O–H groups in total. The van der Waals surface area contributed by atoms with Crippen molar-refractivity contribution in [3.8, 4) is 0 Å². The highest BCUT2D eigenvalue weighted by molar-refractivity contribution is 5.70. The first-order valence-corrected chi connectivity index (χ1v) is 6.44. The molecule has 0 spiro atoms. The Labute approximate surface area is 117 Å². The van der Waals surface area contributed by atoms with E-state index in [-0.39, 0.29) is 6.42 Å². The quantitative estimate of drug-likeness (QED) is 0.875. The molecule has 106 valence electrons. The second-order valence-corrected chi connectivity index (χ2v) is 4.94.